The Morgan fingerprint density at radius 1 is 1.18 bits per heavy atom. The fourth-order valence-electron chi connectivity index (χ4n) is 4.27. The number of carbonyl (C=O) groups excluding carboxylic acids is 1. The van der Waals surface area contributed by atoms with Gasteiger partial charge >= 0.3 is 0 Å². The quantitative estimate of drug-likeness (QED) is 0.821. The standard InChI is InChI=1S/C22H30N4O.ClH/c1-16-7-9-17(10-8-16)26-19-6-4-3-5-18(19)20(25-26)21(27)24-15-22(2)11-13-23-14-12-22;/h7-10,23H,3-6,11-15H2,1-2H3,(H,24,27);1H. The van der Waals surface area contributed by atoms with Crippen LogP contribution in [0.25, 0.3) is 5.69 Å². The Kier molecular flexibility index (Phi) is 6.46. The van der Waals surface area contributed by atoms with Crippen LogP contribution in [-0.4, -0.2) is 35.3 Å². The molecular weight excluding hydrogens is 372 g/mol. The van der Waals surface area contributed by atoms with E-state index >= 15 is 0 Å². The van der Waals surface area contributed by atoms with E-state index in [1.165, 1.54) is 11.3 Å². The number of nitrogens with one attached hydrogen (secondary N) is 2. The van der Waals surface area contributed by atoms with Crippen LogP contribution >= 0.6 is 12.4 Å². The maximum Gasteiger partial charge on any atom is 0.272 e. The number of aryl methyl sites for hydroxylation is 1. The molecule has 1 aliphatic carbocycles. The maximum absolute atomic E-state index is 13.0. The predicted molar refractivity (Wildman–Crippen MR) is 115 cm³/mol. The summed E-state index contributed by atoms with van der Waals surface area (Å²) in [6.07, 6.45) is 6.44. The van der Waals surface area contributed by atoms with E-state index in [9.17, 15) is 4.79 Å². The van der Waals surface area contributed by atoms with Gasteiger partial charge < -0.3 is 10.6 Å². The van der Waals surface area contributed by atoms with Gasteiger partial charge in [-0.05, 0) is 76.1 Å². The number of rotatable bonds is 4. The minimum absolute atomic E-state index is 0. The molecule has 0 saturated carbocycles. The van der Waals surface area contributed by atoms with E-state index in [1.807, 2.05) is 4.68 Å². The van der Waals surface area contributed by atoms with Crippen LogP contribution in [-0.2, 0) is 12.8 Å². The largest absolute Gasteiger partial charge is 0.350 e. The Morgan fingerprint density at radius 2 is 1.86 bits per heavy atom. The van der Waals surface area contributed by atoms with Crippen LogP contribution in [0.1, 0.15) is 59.9 Å². The highest BCUT2D eigenvalue weighted by molar-refractivity contribution is 5.94. The van der Waals surface area contributed by atoms with E-state index in [-0.39, 0.29) is 23.7 Å². The lowest BCUT2D eigenvalue weighted by Crippen LogP contribution is -2.43. The first-order valence-electron chi connectivity index (χ1n) is 10.2. The second-order valence-corrected chi connectivity index (χ2v) is 8.47. The van der Waals surface area contributed by atoms with Gasteiger partial charge in [0.1, 0.15) is 0 Å². The van der Waals surface area contributed by atoms with Crippen LogP contribution in [0.5, 0.6) is 0 Å². The SMILES string of the molecule is Cc1ccc(-n2nc(C(=O)NCC3(C)CCNCC3)c3c2CCCC3)cc1.Cl. The van der Waals surface area contributed by atoms with E-state index in [4.69, 9.17) is 5.10 Å². The summed E-state index contributed by atoms with van der Waals surface area (Å²) in [7, 11) is 0. The summed E-state index contributed by atoms with van der Waals surface area (Å²) in [4.78, 5) is 13.0. The van der Waals surface area contributed by atoms with Gasteiger partial charge in [-0.25, -0.2) is 4.68 Å². The summed E-state index contributed by atoms with van der Waals surface area (Å²) in [6.45, 7) is 7.14. The average molecular weight is 403 g/mol. The lowest BCUT2D eigenvalue weighted by Gasteiger charge is -2.34. The number of hydrogen-bond acceptors (Lipinski definition) is 3. The van der Waals surface area contributed by atoms with E-state index < -0.39 is 0 Å². The molecule has 1 amide bonds. The zero-order chi connectivity index (χ0) is 18.9. The van der Waals surface area contributed by atoms with Crippen molar-refractivity contribution in [2.75, 3.05) is 19.6 Å². The number of piperidine rings is 1. The molecule has 28 heavy (non-hydrogen) atoms. The molecular formula is C22H31ClN4O. The van der Waals surface area contributed by atoms with E-state index in [0.717, 1.165) is 69.4 Å². The van der Waals surface area contributed by atoms with Crippen molar-refractivity contribution in [1.82, 2.24) is 20.4 Å². The number of benzene rings is 1. The average Bonchev–Trinajstić information content (AvgIpc) is 3.07. The maximum atomic E-state index is 13.0. The molecule has 1 saturated heterocycles. The van der Waals surface area contributed by atoms with Crippen LogP contribution in [0, 0.1) is 12.3 Å². The highest BCUT2D eigenvalue weighted by atomic mass is 35.5. The summed E-state index contributed by atoms with van der Waals surface area (Å²) in [6, 6.07) is 8.39. The Balaban J connectivity index is 0.00000225. The number of aromatic nitrogens is 2. The topological polar surface area (TPSA) is 59.0 Å². The summed E-state index contributed by atoms with van der Waals surface area (Å²) >= 11 is 0. The van der Waals surface area contributed by atoms with Crippen LogP contribution in [0.4, 0.5) is 0 Å². The van der Waals surface area contributed by atoms with Crippen molar-refractivity contribution in [3.8, 4) is 5.69 Å². The fraction of sp³-hybridized carbons (Fsp3) is 0.545. The fourth-order valence-corrected chi connectivity index (χ4v) is 4.27. The lowest BCUT2D eigenvalue weighted by atomic mass is 9.81. The van der Waals surface area contributed by atoms with Gasteiger partial charge in [0, 0.05) is 17.8 Å². The van der Waals surface area contributed by atoms with Crippen molar-refractivity contribution in [2.24, 2.45) is 5.41 Å². The molecule has 1 fully saturated rings. The molecule has 0 unspecified atom stereocenters. The monoisotopic (exact) mass is 402 g/mol. The third kappa shape index (κ3) is 4.26. The first-order chi connectivity index (χ1) is 13.1. The summed E-state index contributed by atoms with van der Waals surface area (Å²) in [5, 5.41) is 11.4. The molecule has 0 bridgehead atoms. The molecule has 4 rings (SSSR count). The zero-order valence-corrected chi connectivity index (χ0v) is 17.7. The third-order valence-electron chi connectivity index (χ3n) is 6.16. The normalized spacial score (nSPS) is 18.1. The number of amides is 1. The molecule has 1 aromatic heterocycles. The first kappa shape index (κ1) is 20.9. The minimum atomic E-state index is -0.0150. The van der Waals surface area contributed by atoms with E-state index in [0.29, 0.717) is 5.69 Å². The smallest absolute Gasteiger partial charge is 0.272 e. The number of halogens is 1. The highest BCUT2D eigenvalue weighted by Crippen LogP contribution is 2.29. The summed E-state index contributed by atoms with van der Waals surface area (Å²) in [5.41, 5.74) is 5.44. The molecule has 0 spiro atoms. The molecule has 0 atom stereocenters. The third-order valence-corrected chi connectivity index (χ3v) is 6.16. The molecule has 1 aliphatic heterocycles. The molecule has 152 valence electrons. The van der Waals surface area contributed by atoms with Crippen LogP contribution < -0.4 is 10.6 Å². The van der Waals surface area contributed by atoms with E-state index in [1.54, 1.807) is 0 Å². The Hall–Kier alpha value is -1.85. The highest BCUT2D eigenvalue weighted by Gasteiger charge is 2.29. The van der Waals surface area contributed by atoms with Crippen LogP contribution in [0.15, 0.2) is 24.3 Å². The van der Waals surface area contributed by atoms with Gasteiger partial charge in [0.2, 0.25) is 0 Å². The molecule has 6 heteroatoms. The van der Waals surface area contributed by atoms with Crippen molar-refractivity contribution in [2.45, 2.75) is 52.4 Å². The van der Waals surface area contributed by atoms with Crippen LogP contribution in [0.3, 0.4) is 0 Å². The van der Waals surface area contributed by atoms with Gasteiger partial charge in [-0.3, -0.25) is 4.79 Å². The number of hydrogen-bond donors (Lipinski definition) is 2. The first-order valence-corrected chi connectivity index (χ1v) is 10.2. The number of fused-ring (bicyclic) bond motifs is 1. The van der Waals surface area contributed by atoms with Gasteiger partial charge in [0.25, 0.3) is 5.91 Å². The van der Waals surface area contributed by atoms with Gasteiger partial charge in [-0.1, -0.05) is 24.6 Å². The Labute approximate surface area is 173 Å². The zero-order valence-electron chi connectivity index (χ0n) is 16.9. The molecule has 2 aromatic rings. The van der Waals surface area contributed by atoms with Crippen molar-refractivity contribution in [3.05, 3.63) is 46.8 Å². The van der Waals surface area contributed by atoms with Crippen molar-refractivity contribution < 1.29 is 4.79 Å². The van der Waals surface area contributed by atoms with Crippen molar-refractivity contribution >= 4 is 18.3 Å². The van der Waals surface area contributed by atoms with Crippen molar-refractivity contribution in [3.63, 3.8) is 0 Å². The Morgan fingerprint density at radius 3 is 2.57 bits per heavy atom. The molecule has 2 heterocycles. The Bertz CT molecular complexity index is 822. The van der Waals surface area contributed by atoms with E-state index in [2.05, 4.69) is 48.7 Å². The summed E-state index contributed by atoms with van der Waals surface area (Å²) in [5.74, 6) is -0.0150. The minimum Gasteiger partial charge on any atom is -0.350 e. The number of nitrogens with zero attached hydrogens (tertiary/aromatic N) is 2. The van der Waals surface area contributed by atoms with Crippen LogP contribution in [0.2, 0.25) is 0 Å². The van der Waals surface area contributed by atoms with Gasteiger partial charge in [0.05, 0.1) is 5.69 Å². The lowest BCUT2D eigenvalue weighted by molar-refractivity contribution is 0.0916. The second kappa shape index (κ2) is 8.66. The van der Waals surface area contributed by atoms with Gasteiger partial charge in [-0.15, -0.1) is 12.4 Å². The molecule has 2 aliphatic rings. The second-order valence-electron chi connectivity index (χ2n) is 8.47. The number of carbonyl (C=O) groups is 1. The van der Waals surface area contributed by atoms with Gasteiger partial charge in [-0.2, -0.15) is 5.10 Å². The van der Waals surface area contributed by atoms with Gasteiger partial charge in [0.15, 0.2) is 5.69 Å². The molecule has 2 N–H and O–H groups in total. The molecule has 5 nitrogen and oxygen atoms in total. The predicted octanol–water partition coefficient (Wildman–Crippen LogP) is 3.60. The van der Waals surface area contributed by atoms with Crippen molar-refractivity contribution in [1.29, 1.82) is 0 Å². The molecule has 1 aromatic carbocycles. The molecule has 0 radical (unpaired) electrons. The summed E-state index contributed by atoms with van der Waals surface area (Å²) < 4.78 is 2.00.